The molecule has 1 nitrogen and oxygen atoms in total. The Hall–Kier alpha value is -1.03. The van der Waals surface area contributed by atoms with E-state index >= 15 is 0 Å². The third-order valence-corrected chi connectivity index (χ3v) is 4.81. The highest BCUT2D eigenvalue weighted by Gasteiger charge is 2.20. The van der Waals surface area contributed by atoms with Gasteiger partial charge in [-0.1, -0.05) is 23.7 Å². The van der Waals surface area contributed by atoms with Gasteiger partial charge in [0.25, 0.3) is 0 Å². The van der Waals surface area contributed by atoms with Crippen LogP contribution in [0.15, 0.2) is 47.4 Å². The molecule has 0 aliphatic carbocycles. The summed E-state index contributed by atoms with van der Waals surface area (Å²) in [5.74, 6) is 0.905. The van der Waals surface area contributed by atoms with E-state index in [0.717, 1.165) is 22.8 Å². The molecule has 0 bridgehead atoms. The lowest BCUT2D eigenvalue weighted by atomic mass is 10.0. The number of benzene rings is 2. The largest absolute Gasteiger partial charge is 0.306 e. The van der Waals surface area contributed by atoms with Crippen LogP contribution in [0.3, 0.4) is 0 Å². The molecule has 1 atom stereocenters. The van der Waals surface area contributed by atoms with Gasteiger partial charge in [0.05, 0.1) is 0 Å². The van der Waals surface area contributed by atoms with E-state index in [1.54, 1.807) is 12.1 Å². The summed E-state index contributed by atoms with van der Waals surface area (Å²) in [5.41, 5.74) is 2.22. The highest BCUT2D eigenvalue weighted by Crippen LogP contribution is 2.37. The first-order valence-corrected chi connectivity index (χ1v) is 7.99. The van der Waals surface area contributed by atoms with Crippen LogP contribution in [0.25, 0.3) is 0 Å². The molecule has 0 fully saturated rings. The van der Waals surface area contributed by atoms with Crippen molar-refractivity contribution in [3.63, 3.8) is 0 Å². The van der Waals surface area contributed by atoms with E-state index in [9.17, 15) is 4.39 Å². The fourth-order valence-electron chi connectivity index (χ4n) is 2.47. The molecule has 0 aromatic heterocycles. The summed E-state index contributed by atoms with van der Waals surface area (Å²) >= 11 is 7.96. The molecule has 0 amide bonds. The lowest BCUT2D eigenvalue weighted by molar-refractivity contribution is 0.508. The van der Waals surface area contributed by atoms with Crippen molar-refractivity contribution in [1.29, 1.82) is 0 Å². The lowest BCUT2D eigenvalue weighted by Gasteiger charge is -2.26. The van der Waals surface area contributed by atoms with E-state index in [4.69, 9.17) is 11.6 Å². The van der Waals surface area contributed by atoms with Crippen LogP contribution in [-0.4, -0.2) is 5.75 Å². The minimum atomic E-state index is -0.188. The van der Waals surface area contributed by atoms with Gasteiger partial charge in [-0.05, 0) is 53.6 Å². The van der Waals surface area contributed by atoms with Crippen LogP contribution in [-0.2, 0) is 6.54 Å². The number of hydrogen-bond acceptors (Lipinski definition) is 2. The molecular formula is C16H15ClFNS. The monoisotopic (exact) mass is 307 g/mol. The van der Waals surface area contributed by atoms with Crippen molar-refractivity contribution in [3.8, 4) is 0 Å². The van der Waals surface area contributed by atoms with Crippen LogP contribution in [0, 0.1) is 5.82 Å². The number of rotatable bonds is 3. The SMILES string of the molecule is Fc1cccc(CNC2CCSc3ccc(Cl)cc32)c1. The van der Waals surface area contributed by atoms with Gasteiger partial charge in [0.1, 0.15) is 5.82 Å². The zero-order valence-corrected chi connectivity index (χ0v) is 12.5. The Morgan fingerprint density at radius 3 is 3.00 bits per heavy atom. The van der Waals surface area contributed by atoms with Crippen molar-refractivity contribution in [2.75, 3.05) is 5.75 Å². The summed E-state index contributed by atoms with van der Waals surface area (Å²) < 4.78 is 13.2. The molecule has 20 heavy (non-hydrogen) atoms. The molecule has 0 spiro atoms. The molecule has 104 valence electrons. The molecule has 4 heteroatoms. The van der Waals surface area contributed by atoms with Gasteiger partial charge in [0, 0.05) is 22.5 Å². The average molecular weight is 308 g/mol. The predicted octanol–water partition coefficient (Wildman–Crippen LogP) is 4.81. The Labute approximate surface area is 127 Å². The molecule has 1 aliphatic rings. The molecule has 3 rings (SSSR count). The van der Waals surface area contributed by atoms with Gasteiger partial charge in [0.2, 0.25) is 0 Å². The quantitative estimate of drug-likeness (QED) is 0.873. The van der Waals surface area contributed by atoms with Crippen molar-refractivity contribution in [3.05, 3.63) is 64.4 Å². The first kappa shape index (κ1) is 13.9. The highest BCUT2D eigenvalue weighted by atomic mass is 35.5. The van der Waals surface area contributed by atoms with Gasteiger partial charge in [-0.2, -0.15) is 0 Å². The van der Waals surface area contributed by atoms with Crippen LogP contribution < -0.4 is 5.32 Å². The third kappa shape index (κ3) is 3.17. The second kappa shape index (κ2) is 6.17. The van der Waals surface area contributed by atoms with E-state index in [0.29, 0.717) is 6.54 Å². The lowest BCUT2D eigenvalue weighted by Crippen LogP contribution is -2.24. The zero-order valence-electron chi connectivity index (χ0n) is 10.9. The average Bonchev–Trinajstić information content (AvgIpc) is 2.45. The Balaban J connectivity index is 1.75. The van der Waals surface area contributed by atoms with Crippen molar-refractivity contribution >= 4 is 23.4 Å². The van der Waals surface area contributed by atoms with Crippen molar-refractivity contribution < 1.29 is 4.39 Å². The van der Waals surface area contributed by atoms with Crippen LogP contribution in [0.1, 0.15) is 23.6 Å². The molecule has 1 unspecified atom stereocenters. The first-order chi connectivity index (χ1) is 9.72. The Morgan fingerprint density at radius 1 is 1.25 bits per heavy atom. The molecule has 0 saturated heterocycles. The van der Waals surface area contributed by atoms with E-state index < -0.39 is 0 Å². The summed E-state index contributed by atoms with van der Waals surface area (Å²) in [6, 6.07) is 13.1. The van der Waals surface area contributed by atoms with Crippen molar-refractivity contribution in [2.24, 2.45) is 0 Å². The molecule has 1 heterocycles. The fraction of sp³-hybridized carbons (Fsp3) is 0.250. The molecule has 1 N–H and O–H groups in total. The van der Waals surface area contributed by atoms with Crippen molar-refractivity contribution in [1.82, 2.24) is 5.32 Å². The van der Waals surface area contributed by atoms with Crippen LogP contribution in [0.4, 0.5) is 4.39 Å². The maximum atomic E-state index is 13.2. The second-order valence-corrected chi connectivity index (χ2v) is 6.46. The van der Waals surface area contributed by atoms with Crippen LogP contribution >= 0.6 is 23.4 Å². The zero-order chi connectivity index (χ0) is 13.9. The van der Waals surface area contributed by atoms with E-state index in [-0.39, 0.29) is 11.9 Å². The summed E-state index contributed by atoms with van der Waals surface area (Å²) in [6.45, 7) is 0.666. The smallest absolute Gasteiger partial charge is 0.123 e. The van der Waals surface area contributed by atoms with E-state index in [1.807, 2.05) is 30.0 Å². The van der Waals surface area contributed by atoms with Crippen molar-refractivity contribution in [2.45, 2.75) is 23.9 Å². The summed E-state index contributed by atoms with van der Waals surface area (Å²) in [7, 11) is 0. The maximum absolute atomic E-state index is 13.2. The third-order valence-electron chi connectivity index (χ3n) is 3.45. The highest BCUT2D eigenvalue weighted by molar-refractivity contribution is 7.99. The van der Waals surface area contributed by atoms with Gasteiger partial charge in [0.15, 0.2) is 0 Å². The number of thioether (sulfide) groups is 1. The van der Waals surface area contributed by atoms with Crippen LogP contribution in [0.2, 0.25) is 5.02 Å². The minimum absolute atomic E-state index is 0.188. The number of hydrogen-bond donors (Lipinski definition) is 1. The normalized spacial score (nSPS) is 17.8. The molecular weight excluding hydrogens is 293 g/mol. The standard InChI is InChI=1S/C16H15ClFNS/c17-12-4-5-16-14(9-12)15(6-7-20-16)19-10-11-2-1-3-13(18)8-11/h1-5,8-9,15,19H,6-7,10H2. The van der Waals surface area contributed by atoms with E-state index in [1.165, 1.54) is 16.5 Å². The van der Waals surface area contributed by atoms with E-state index in [2.05, 4.69) is 11.4 Å². The number of nitrogens with one attached hydrogen (secondary N) is 1. The molecule has 2 aromatic rings. The molecule has 0 radical (unpaired) electrons. The van der Waals surface area contributed by atoms with Gasteiger partial charge in [-0.15, -0.1) is 11.8 Å². The van der Waals surface area contributed by atoms with Crippen LogP contribution in [0.5, 0.6) is 0 Å². The molecule has 2 aromatic carbocycles. The fourth-order valence-corrected chi connectivity index (χ4v) is 3.75. The van der Waals surface area contributed by atoms with Gasteiger partial charge >= 0.3 is 0 Å². The molecule has 1 aliphatic heterocycles. The Kier molecular flexibility index (Phi) is 4.29. The summed E-state index contributed by atoms with van der Waals surface area (Å²) in [5, 5.41) is 4.28. The Morgan fingerprint density at radius 2 is 2.15 bits per heavy atom. The summed E-state index contributed by atoms with van der Waals surface area (Å²) in [6.07, 6.45) is 1.06. The van der Waals surface area contributed by atoms with Gasteiger partial charge < -0.3 is 5.32 Å². The predicted molar refractivity (Wildman–Crippen MR) is 82.8 cm³/mol. The maximum Gasteiger partial charge on any atom is 0.123 e. The Bertz CT molecular complexity index is 617. The number of fused-ring (bicyclic) bond motifs is 1. The summed E-state index contributed by atoms with van der Waals surface area (Å²) in [4.78, 5) is 1.29. The van der Waals surface area contributed by atoms with Gasteiger partial charge in [-0.3, -0.25) is 0 Å². The van der Waals surface area contributed by atoms with Gasteiger partial charge in [-0.25, -0.2) is 4.39 Å². The minimum Gasteiger partial charge on any atom is -0.306 e. The first-order valence-electron chi connectivity index (χ1n) is 6.62. The number of halogens is 2. The second-order valence-electron chi connectivity index (χ2n) is 4.88. The topological polar surface area (TPSA) is 12.0 Å². The molecule has 0 saturated carbocycles.